The molecule has 0 saturated carbocycles. The number of amides is 2. The number of likely N-dealkylation sites (tertiary alicyclic amines) is 1. The van der Waals surface area contributed by atoms with Gasteiger partial charge in [-0.1, -0.05) is 29.3 Å². The molecule has 0 aliphatic carbocycles. The van der Waals surface area contributed by atoms with Crippen LogP contribution in [0.25, 0.3) is 11.1 Å². The van der Waals surface area contributed by atoms with E-state index in [0.717, 1.165) is 0 Å². The van der Waals surface area contributed by atoms with E-state index in [9.17, 15) is 19.5 Å². The molecule has 8 nitrogen and oxygen atoms in total. The van der Waals surface area contributed by atoms with Crippen molar-refractivity contribution in [2.24, 2.45) is 0 Å². The first-order valence-corrected chi connectivity index (χ1v) is 11.6. The van der Waals surface area contributed by atoms with Gasteiger partial charge in [-0.25, -0.2) is 9.59 Å². The third kappa shape index (κ3) is 4.44. The first kappa shape index (κ1) is 24.3. The Kier molecular flexibility index (Phi) is 6.25. The highest BCUT2D eigenvalue weighted by Crippen LogP contribution is 2.41. The summed E-state index contributed by atoms with van der Waals surface area (Å²) in [5.41, 5.74) is 0.972. The molecule has 1 N–H and O–H groups in total. The van der Waals surface area contributed by atoms with Crippen LogP contribution in [-0.2, 0) is 11.3 Å². The van der Waals surface area contributed by atoms with Crippen molar-refractivity contribution in [2.45, 2.75) is 52.3 Å². The summed E-state index contributed by atoms with van der Waals surface area (Å²) in [6, 6.07) is 4.49. The average molecular weight is 506 g/mol. The molecule has 2 amide bonds. The summed E-state index contributed by atoms with van der Waals surface area (Å²) in [6.07, 6.45) is 0.163. The van der Waals surface area contributed by atoms with E-state index < -0.39 is 17.7 Å². The van der Waals surface area contributed by atoms with E-state index in [2.05, 4.69) is 4.98 Å². The molecule has 1 aromatic heterocycles. The number of hydrogen-bond donors (Lipinski definition) is 1. The highest BCUT2D eigenvalue weighted by Gasteiger charge is 2.42. The van der Waals surface area contributed by atoms with Crippen LogP contribution in [0.3, 0.4) is 0 Å². The lowest BCUT2D eigenvalue weighted by Gasteiger charge is -2.26. The van der Waals surface area contributed by atoms with Crippen LogP contribution >= 0.6 is 23.2 Å². The van der Waals surface area contributed by atoms with Gasteiger partial charge in [0.15, 0.2) is 0 Å². The fraction of sp³-hybridized carbons (Fsp3) is 0.417. The maximum Gasteiger partial charge on any atom is 0.410 e. The first-order chi connectivity index (χ1) is 15.9. The van der Waals surface area contributed by atoms with E-state index in [4.69, 9.17) is 27.9 Å². The molecule has 1 atom stereocenters. The van der Waals surface area contributed by atoms with Crippen molar-refractivity contribution in [2.75, 3.05) is 13.1 Å². The second-order valence-electron chi connectivity index (χ2n) is 9.50. The number of carboxylic acids is 1. The van der Waals surface area contributed by atoms with Crippen LogP contribution in [0.2, 0.25) is 10.0 Å². The van der Waals surface area contributed by atoms with Crippen LogP contribution in [0, 0.1) is 6.92 Å². The second kappa shape index (κ2) is 8.74. The molecule has 0 bridgehead atoms. The van der Waals surface area contributed by atoms with Gasteiger partial charge in [0.05, 0.1) is 35.1 Å². The molecule has 1 saturated heterocycles. The Balaban J connectivity index is 1.71. The number of carbonyl (C=O) groups is 3. The highest BCUT2D eigenvalue weighted by atomic mass is 35.5. The van der Waals surface area contributed by atoms with Gasteiger partial charge in [-0.3, -0.25) is 9.78 Å². The summed E-state index contributed by atoms with van der Waals surface area (Å²) in [5.74, 6) is -1.53. The van der Waals surface area contributed by atoms with Crippen molar-refractivity contribution in [1.82, 2.24) is 14.8 Å². The van der Waals surface area contributed by atoms with Gasteiger partial charge in [0.25, 0.3) is 5.91 Å². The quantitative estimate of drug-likeness (QED) is 0.627. The Morgan fingerprint density at radius 3 is 2.53 bits per heavy atom. The smallest absolute Gasteiger partial charge is 0.410 e. The van der Waals surface area contributed by atoms with Crippen LogP contribution in [0.15, 0.2) is 18.2 Å². The topological polar surface area (TPSA) is 100 Å². The van der Waals surface area contributed by atoms with Crippen LogP contribution in [0.1, 0.15) is 59.3 Å². The van der Waals surface area contributed by atoms with Crippen molar-refractivity contribution in [1.29, 1.82) is 0 Å². The number of carbonyl (C=O) groups excluding carboxylic acids is 2. The standard InChI is InChI=1S/C24H25Cl2N3O5/c1-12-18(22(31)32)19(15-6-5-13(25)9-16(15)26)20-17(27-12)11-29(21(20)30)14-7-8-28(10-14)23(33)34-24(2,3)4/h5-6,9,14H,7-8,10-11H2,1-4H3,(H,31,32). The predicted molar refractivity (Wildman–Crippen MR) is 127 cm³/mol. The van der Waals surface area contributed by atoms with E-state index in [1.807, 2.05) is 0 Å². The molecule has 1 aromatic carbocycles. The van der Waals surface area contributed by atoms with Gasteiger partial charge in [-0.05, 0) is 46.2 Å². The van der Waals surface area contributed by atoms with E-state index in [0.29, 0.717) is 41.5 Å². The Morgan fingerprint density at radius 1 is 1.21 bits per heavy atom. The minimum Gasteiger partial charge on any atom is -0.478 e. The number of ether oxygens (including phenoxy) is 1. The van der Waals surface area contributed by atoms with Crippen LogP contribution in [0.5, 0.6) is 0 Å². The molecule has 34 heavy (non-hydrogen) atoms. The van der Waals surface area contributed by atoms with E-state index >= 15 is 0 Å². The molecular weight excluding hydrogens is 481 g/mol. The molecule has 1 unspecified atom stereocenters. The average Bonchev–Trinajstić information content (AvgIpc) is 3.31. The molecule has 1 fully saturated rings. The van der Waals surface area contributed by atoms with E-state index in [1.165, 1.54) is 6.07 Å². The summed E-state index contributed by atoms with van der Waals surface area (Å²) in [6.45, 7) is 8.02. The number of rotatable bonds is 3. The van der Waals surface area contributed by atoms with Crippen molar-refractivity contribution < 1.29 is 24.2 Å². The van der Waals surface area contributed by atoms with Gasteiger partial charge >= 0.3 is 12.1 Å². The van der Waals surface area contributed by atoms with Crippen molar-refractivity contribution >= 4 is 41.2 Å². The highest BCUT2D eigenvalue weighted by molar-refractivity contribution is 6.37. The van der Waals surface area contributed by atoms with Crippen LogP contribution in [0.4, 0.5) is 4.79 Å². The summed E-state index contributed by atoms with van der Waals surface area (Å²) in [7, 11) is 0. The Bertz CT molecular complexity index is 1210. The zero-order valence-electron chi connectivity index (χ0n) is 19.3. The summed E-state index contributed by atoms with van der Waals surface area (Å²) >= 11 is 12.5. The third-order valence-electron chi connectivity index (χ3n) is 5.92. The predicted octanol–water partition coefficient (Wildman–Crippen LogP) is 5.03. The molecule has 2 aromatic rings. The molecule has 2 aliphatic rings. The lowest BCUT2D eigenvalue weighted by Crippen LogP contribution is -2.40. The van der Waals surface area contributed by atoms with Gasteiger partial charge in [-0.15, -0.1) is 0 Å². The first-order valence-electron chi connectivity index (χ1n) is 10.9. The SMILES string of the molecule is Cc1nc2c(c(-c3ccc(Cl)cc3Cl)c1C(=O)O)C(=O)N(C1CCN(C(=O)OC(C)(C)C)C1)C2. The lowest BCUT2D eigenvalue weighted by molar-refractivity contribution is 0.0276. The van der Waals surface area contributed by atoms with Crippen molar-refractivity contribution in [3.05, 3.63) is 50.8 Å². The normalized spacial score (nSPS) is 17.8. The number of fused-ring (bicyclic) bond motifs is 1. The van der Waals surface area contributed by atoms with Gasteiger partial charge < -0.3 is 19.6 Å². The number of carboxylic acid groups (broad SMARTS) is 1. The number of pyridine rings is 1. The summed E-state index contributed by atoms with van der Waals surface area (Å²) < 4.78 is 5.46. The number of aryl methyl sites for hydroxylation is 1. The minimum absolute atomic E-state index is 0.0695. The Morgan fingerprint density at radius 2 is 1.91 bits per heavy atom. The van der Waals surface area contributed by atoms with E-state index in [1.54, 1.807) is 49.6 Å². The monoisotopic (exact) mass is 505 g/mol. The largest absolute Gasteiger partial charge is 0.478 e. The molecule has 0 radical (unpaired) electrons. The van der Waals surface area contributed by atoms with Crippen LogP contribution in [-0.4, -0.2) is 62.6 Å². The zero-order chi connectivity index (χ0) is 24.9. The minimum atomic E-state index is -1.20. The molecule has 4 rings (SSSR count). The molecule has 0 spiro atoms. The van der Waals surface area contributed by atoms with Gasteiger partial charge in [0.1, 0.15) is 5.60 Å². The Hall–Kier alpha value is -2.84. The number of benzene rings is 1. The Labute approximate surface area is 207 Å². The molecule has 180 valence electrons. The molecular formula is C24H25Cl2N3O5. The maximum absolute atomic E-state index is 13.6. The number of aromatic nitrogens is 1. The van der Waals surface area contributed by atoms with Gasteiger partial charge in [0.2, 0.25) is 0 Å². The number of hydrogen-bond acceptors (Lipinski definition) is 5. The van der Waals surface area contributed by atoms with Crippen molar-refractivity contribution in [3.8, 4) is 11.1 Å². The lowest BCUT2D eigenvalue weighted by atomic mass is 9.93. The zero-order valence-corrected chi connectivity index (χ0v) is 20.8. The fourth-order valence-corrected chi connectivity index (χ4v) is 5.00. The van der Waals surface area contributed by atoms with E-state index in [-0.39, 0.29) is 40.2 Å². The fourth-order valence-electron chi connectivity index (χ4n) is 4.49. The number of aromatic carboxylic acids is 1. The van der Waals surface area contributed by atoms with Gasteiger partial charge in [0, 0.05) is 34.3 Å². The number of nitrogens with zero attached hydrogens (tertiary/aromatic N) is 3. The third-order valence-corrected chi connectivity index (χ3v) is 6.47. The summed E-state index contributed by atoms with van der Waals surface area (Å²) in [5, 5.41) is 10.6. The second-order valence-corrected chi connectivity index (χ2v) is 10.3. The maximum atomic E-state index is 13.6. The van der Waals surface area contributed by atoms with Gasteiger partial charge in [-0.2, -0.15) is 0 Å². The van der Waals surface area contributed by atoms with Crippen molar-refractivity contribution in [3.63, 3.8) is 0 Å². The number of halogens is 2. The molecule has 3 heterocycles. The molecule has 2 aliphatic heterocycles. The summed E-state index contributed by atoms with van der Waals surface area (Å²) in [4.78, 5) is 46.0. The van der Waals surface area contributed by atoms with Crippen LogP contribution < -0.4 is 0 Å². The molecule has 10 heteroatoms.